The smallest absolute Gasteiger partial charge is 0.337 e. The molecule has 1 amide bonds. The van der Waals surface area contributed by atoms with Gasteiger partial charge in [-0.2, -0.15) is 4.31 Å². The van der Waals surface area contributed by atoms with Crippen molar-refractivity contribution < 1.29 is 27.5 Å². The highest BCUT2D eigenvalue weighted by molar-refractivity contribution is 7.89. The van der Waals surface area contributed by atoms with Gasteiger partial charge >= 0.3 is 5.97 Å². The topological polar surface area (TPSA) is 102 Å². The van der Waals surface area contributed by atoms with E-state index in [-0.39, 0.29) is 23.5 Å². The van der Waals surface area contributed by atoms with Crippen molar-refractivity contribution in [1.29, 1.82) is 0 Å². The van der Waals surface area contributed by atoms with Gasteiger partial charge in [0, 0.05) is 24.3 Å². The first-order valence-corrected chi connectivity index (χ1v) is 10.4. The molecule has 0 radical (unpaired) electrons. The third-order valence-corrected chi connectivity index (χ3v) is 6.52. The van der Waals surface area contributed by atoms with Gasteiger partial charge in [0.2, 0.25) is 10.0 Å². The molecule has 8 nitrogen and oxygen atoms in total. The molecule has 2 aromatic rings. The molecule has 0 atom stereocenters. The van der Waals surface area contributed by atoms with Crippen molar-refractivity contribution in [2.75, 3.05) is 38.7 Å². The number of sulfonamides is 1. The number of anilines is 1. The van der Waals surface area contributed by atoms with Crippen molar-refractivity contribution in [1.82, 2.24) is 4.31 Å². The second-order valence-electron chi connectivity index (χ2n) is 6.52. The summed E-state index contributed by atoms with van der Waals surface area (Å²) < 4.78 is 36.9. The molecule has 0 aliphatic carbocycles. The van der Waals surface area contributed by atoms with Crippen LogP contribution in [0.5, 0.6) is 0 Å². The number of carbonyl (C=O) groups is 2. The number of hydrogen-bond donors (Lipinski definition) is 1. The summed E-state index contributed by atoms with van der Waals surface area (Å²) in [5, 5.41) is 2.72. The highest BCUT2D eigenvalue weighted by atomic mass is 32.2. The first kappa shape index (κ1) is 21.0. The maximum atomic E-state index is 12.9. The van der Waals surface area contributed by atoms with Crippen LogP contribution in [0, 0.1) is 6.92 Å². The van der Waals surface area contributed by atoms with Crippen LogP contribution in [0.1, 0.15) is 26.3 Å². The first-order valence-electron chi connectivity index (χ1n) is 9.01. The minimum absolute atomic E-state index is 0.0659. The van der Waals surface area contributed by atoms with Crippen LogP contribution in [0.2, 0.25) is 0 Å². The molecule has 2 aromatic carbocycles. The van der Waals surface area contributed by atoms with Gasteiger partial charge in [-0.15, -0.1) is 0 Å². The second kappa shape index (κ2) is 8.73. The highest BCUT2D eigenvalue weighted by Crippen LogP contribution is 2.22. The largest absolute Gasteiger partial charge is 0.465 e. The Labute approximate surface area is 169 Å². The van der Waals surface area contributed by atoms with Crippen molar-refractivity contribution in [3.63, 3.8) is 0 Å². The number of morpholine rings is 1. The van der Waals surface area contributed by atoms with Gasteiger partial charge in [0.1, 0.15) is 0 Å². The van der Waals surface area contributed by atoms with E-state index in [1.165, 1.54) is 35.7 Å². The minimum Gasteiger partial charge on any atom is -0.465 e. The summed E-state index contributed by atoms with van der Waals surface area (Å²) in [7, 11) is -2.41. The molecule has 154 valence electrons. The third-order valence-electron chi connectivity index (χ3n) is 4.63. The summed E-state index contributed by atoms with van der Waals surface area (Å²) in [6, 6.07) is 10.7. The number of amides is 1. The SMILES string of the molecule is COC(=O)c1ccc(NC(=O)c2cc(S(=O)(=O)N3CCOCC3)ccc2C)cc1. The van der Waals surface area contributed by atoms with E-state index in [0.717, 1.165) is 0 Å². The van der Waals surface area contributed by atoms with Crippen LogP contribution in [0.25, 0.3) is 0 Å². The van der Waals surface area contributed by atoms with Crippen molar-refractivity contribution in [3.8, 4) is 0 Å². The maximum absolute atomic E-state index is 12.9. The Bertz CT molecular complexity index is 1010. The van der Waals surface area contributed by atoms with E-state index in [9.17, 15) is 18.0 Å². The monoisotopic (exact) mass is 418 g/mol. The zero-order valence-corrected chi connectivity index (χ0v) is 17.0. The van der Waals surface area contributed by atoms with Crippen LogP contribution in [0.4, 0.5) is 5.69 Å². The number of aryl methyl sites for hydroxylation is 1. The Morgan fingerprint density at radius 3 is 2.34 bits per heavy atom. The molecular formula is C20H22N2O6S. The van der Waals surface area contributed by atoms with Crippen molar-refractivity contribution in [3.05, 3.63) is 59.2 Å². The molecule has 1 aliphatic rings. The van der Waals surface area contributed by atoms with Gasteiger partial charge in [-0.25, -0.2) is 13.2 Å². The Kier molecular flexibility index (Phi) is 6.31. The van der Waals surface area contributed by atoms with Gasteiger partial charge in [0.05, 0.1) is 30.8 Å². The lowest BCUT2D eigenvalue weighted by molar-refractivity contribution is 0.0600. The highest BCUT2D eigenvalue weighted by Gasteiger charge is 2.27. The molecule has 9 heteroatoms. The molecule has 1 aliphatic heterocycles. The number of methoxy groups -OCH3 is 1. The molecule has 1 saturated heterocycles. The molecule has 0 spiro atoms. The van der Waals surface area contributed by atoms with Crippen molar-refractivity contribution in [2.24, 2.45) is 0 Å². The van der Waals surface area contributed by atoms with Crippen molar-refractivity contribution in [2.45, 2.75) is 11.8 Å². The number of ether oxygens (including phenoxy) is 2. The molecule has 1 N–H and O–H groups in total. The zero-order valence-electron chi connectivity index (χ0n) is 16.2. The van der Waals surface area contributed by atoms with E-state index in [1.807, 2.05) is 0 Å². The lowest BCUT2D eigenvalue weighted by Gasteiger charge is -2.26. The Balaban J connectivity index is 1.82. The van der Waals surface area contributed by atoms with Crippen LogP contribution in [0.3, 0.4) is 0 Å². The van der Waals surface area contributed by atoms with E-state index in [2.05, 4.69) is 10.1 Å². The summed E-state index contributed by atoms with van der Waals surface area (Å²) in [6.45, 7) is 3.00. The summed E-state index contributed by atoms with van der Waals surface area (Å²) in [5.74, 6) is -0.910. The zero-order chi connectivity index (χ0) is 21.0. The number of benzene rings is 2. The Morgan fingerprint density at radius 2 is 1.72 bits per heavy atom. The molecule has 3 rings (SSSR count). The molecule has 1 fully saturated rings. The number of rotatable bonds is 5. The summed E-state index contributed by atoms with van der Waals surface area (Å²) in [4.78, 5) is 24.3. The maximum Gasteiger partial charge on any atom is 0.337 e. The molecule has 0 unspecified atom stereocenters. The molecule has 29 heavy (non-hydrogen) atoms. The number of nitrogens with zero attached hydrogens (tertiary/aromatic N) is 1. The second-order valence-corrected chi connectivity index (χ2v) is 8.45. The quantitative estimate of drug-likeness (QED) is 0.746. The van der Waals surface area contributed by atoms with Crippen LogP contribution in [-0.2, 0) is 19.5 Å². The number of hydrogen-bond acceptors (Lipinski definition) is 6. The molecular weight excluding hydrogens is 396 g/mol. The lowest BCUT2D eigenvalue weighted by atomic mass is 10.1. The van der Waals surface area contributed by atoms with Gasteiger partial charge in [0.15, 0.2) is 0 Å². The predicted molar refractivity (Wildman–Crippen MR) is 106 cm³/mol. The minimum atomic E-state index is -3.70. The van der Waals surface area contributed by atoms with Crippen molar-refractivity contribution >= 4 is 27.6 Å². The van der Waals surface area contributed by atoms with Crippen LogP contribution in [0.15, 0.2) is 47.4 Å². The van der Waals surface area contributed by atoms with Crippen LogP contribution in [-0.4, -0.2) is 58.0 Å². The number of esters is 1. The number of carbonyl (C=O) groups excluding carboxylic acids is 2. The van der Waals surface area contributed by atoms with Crippen LogP contribution >= 0.6 is 0 Å². The third kappa shape index (κ3) is 4.64. The fourth-order valence-electron chi connectivity index (χ4n) is 2.95. The van der Waals surface area contributed by atoms with Crippen LogP contribution < -0.4 is 5.32 Å². The van der Waals surface area contributed by atoms with E-state index in [4.69, 9.17) is 4.74 Å². The van der Waals surface area contributed by atoms with Gasteiger partial charge in [-0.05, 0) is 48.9 Å². The van der Waals surface area contributed by atoms with E-state index >= 15 is 0 Å². The van der Waals surface area contributed by atoms with Gasteiger partial charge in [-0.3, -0.25) is 4.79 Å². The first-order chi connectivity index (χ1) is 13.8. The summed E-state index contributed by atoms with van der Waals surface area (Å²) in [6.07, 6.45) is 0. The Morgan fingerprint density at radius 1 is 1.07 bits per heavy atom. The average Bonchev–Trinajstić information content (AvgIpc) is 2.74. The van der Waals surface area contributed by atoms with E-state index in [0.29, 0.717) is 30.0 Å². The molecule has 0 aromatic heterocycles. The lowest BCUT2D eigenvalue weighted by Crippen LogP contribution is -2.40. The Hall–Kier alpha value is -2.75. The normalized spacial score (nSPS) is 15.0. The van der Waals surface area contributed by atoms with Gasteiger partial charge in [0.25, 0.3) is 5.91 Å². The summed E-state index contributed by atoms with van der Waals surface area (Å²) in [5.41, 5.74) is 1.75. The van der Waals surface area contributed by atoms with Gasteiger partial charge < -0.3 is 14.8 Å². The molecule has 0 bridgehead atoms. The molecule has 0 saturated carbocycles. The number of nitrogens with one attached hydrogen (secondary N) is 1. The summed E-state index contributed by atoms with van der Waals surface area (Å²) >= 11 is 0. The fraction of sp³-hybridized carbons (Fsp3) is 0.300. The standard InChI is InChI=1S/C20H22N2O6S/c1-14-3-8-17(29(25,26)22-9-11-28-12-10-22)13-18(14)19(23)21-16-6-4-15(5-7-16)20(24)27-2/h3-8,13H,9-12H2,1-2H3,(H,21,23). The molecule has 1 heterocycles. The van der Waals surface area contributed by atoms with E-state index < -0.39 is 21.9 Å². The predicted octanol–water partition coefficient (Wildman–Crippen LogP) is 2.05. The van der Waals surface area contributed by atoms with E-state index in [1.54, 1.807) is 25.1 Å². The average molecular weight is 418 g/mol. The fourth-order valence-corrected chi connectivity index (χ4v) is 4.38. The van der Waals surface area contributed by atoms with Gasteiger partial charge in [-0.1, -0.05) is 6.07 Å².